The fourth-order valence-electron chi connectivity index (χ4n) is 2.40. The Balaban J connectivity index is 2.46. The molecule has 0 spiro atoms. The molecule has 0 aromatic carbocycles. The van der Waals surface area contributed by atoms with Crippen molar-refractivity contribution in [1.29, 1.82) is 0 Å². The van der Waals surface area contributed by atoms with E-state index >= 15 is 0 Å². The molecule has 1 fully saturated rings. The van der Waals surface area contributed by atoms with Crippen molar-refractivity contribution in [3.63, 3.8) is 0 Å². The lowest BCUT2D eigenvalue weighted by Gasteiger charge is -2.22. The van der Waals surface area contributed by atoms with Gasteiger partial charge in [-0.2, -0.15) is 0 Å². The lowest BCUT2D eigenvalue weighted by Crippen LogP contribution is -2.37. The first-order valence-electron chi connectivity index (χ1n) is 6.29. The predicted molar refractivity (Wildman–Crippen MR) is 64.4 cm³/mol. The summed E-state index contributed by atoms with van der Waals surface area (Å²) in [7, 11) is 0. The number of nitrogens with zero attached hydrogens (tertiary/aromatic N) is 1. The van der Waals surface area contributed by atoms with E-state index in [4.69, 9.17) is 10.8 Å². The van der Waals surface area contributed by atoms with Crippen molar-refractivity contribution >= 4 is 11.9 Å². The second-order valence-electron chi connectivity index (χ2n) is 4.76. The number of carboxylic acid groups (broad SMARTS) is 1. The number of carboxylic acids is 1. The monoisotopic (exact) mass is 242 g/mol. The van der Waals surface area contributed by atoms with Crippen LogP contribution in [-0.2, 0) is 9.59 Å². The number of hydrogen-bond donors (Lipinski definition) is 2. The van der Waals surface area contributed by atoms with Crippen LogP contribution in [0.3, 0.4) is 0 Å². The Morgan fingerprint density at radius 3 is 2.76 bits per heavy atom. The van der Waals surface area contributed by atoms with Crippen LogP contribution in [0.15, 0.2) is 0 Å². The molecule has 17 heavy (non-hydrogen) atoms. The maximum absolute atomic E-state index is 12.1. The van der Waals surface area contributed by atoms with Gasteiger partial charge in [0.25, 0.3) is 0 Å². The fraction of sp³-hybridized carbons (Fsp3) is 0.833. The topological polar surface area (TPSA) is 83.6 Å². The Morgan fingerprint density at radius 1 is 1.53 bits per heavy atom. The number of carbonyl (C=O) groups excluding carboxylic acids is 1. The minimum atomic E-state index is -0.784. The first-order chi connectivity index (χ1) is 8.08. The third kappa shape index (κ3) is 4.00. The lowest BCUT2D eigenvalue weighted by molar-refractivity contribution is -0.139. The highest BCUT2D eigenvalue weighted by Crippen LogP contribution is 2.22. The standard InChI is InChI=1S/C12H22N2O3/c1-2-3-10(7-13)12(17)14-5-4-9(8-14)6-11(15)16/h9-10H,2-8,13H2,1H3,(H,15,16). The van der Waals surface area contributed by atoms with Gasteiger partial charge in [-0.1, -0.05) is 13.3 Å². The Morgan fingerprint density at radius 2 is 2.24 bits per heavy atom. The molecule has 3 N–H and O–H groups in total. The van der Waals surface area contributed by atoms with Gasteiger partial charge in [-0.25, -0.2) is 0 Å². The van der Waals surface area contributed by atoms with Gasteiger partial charge in [-0.3, -0.25) is 9.59 Å². The van der Waals surface area contributed by atoms with Crippen LogP contribution in [0.2, 0.25) is 0 Å². The summed E-state index contributed by atoms with van der Waals surface area (Å²) in [6, 6.07) is 0. The summed E-state index contributed by atoms with van der Waals surface area (Å²) in [5.41, 5.74) is 5.60. The highest BCUT2D eigenvalue weighted by atomic mass is 16.4. The van der Waals surface area contributed by atoms with E-state index in [0.29, 0.717) is 19.6 Å². The second-order valence-corrected chi connectivity index (χ2v) is 4.76. The van der Waals surface area contributed by atoms with Crippen LogP contribution in [0, 0.1) is 11.8 Å². The second kappa shape index (κ2) is 6.59. The zero-order valence-electron chi connectivity index (χ0n) is 10.4. The van der Waals surface area contributed by atoms with Crippen molar-refractivity contribution < 1.29 is 14.7 Å². The van der Waals surface area contributed by atoms with Gasteiger partial charge < -0.3 is 15.7 Å². The molecule has 1 heterocycles. The molecular weight excluding hydrogens is 220 g/mol. The first kappa shape index (κ1) is 14.0. The quantitative estimate of drug-likeness (QED) is 0.717. The molecule has 1 saturated heterocycles. The van der Waals surface area contributed by atoms with Gasteiger partial charge in [-0.15, -0.1) is 0 Å². The summed E-state index contributed by atoms with van der Waals surface area (Å²) in [4.78, 5) is 24.5. The van der Waals surface area contributed by atoms with Crippen molar-refractivity contribution in [3.8, 4) is 0 Å². The molecule has 0 aliphatic carbocycles. The molecule has 1 aliphatic heterocycles. The highest BCUT2D eigenvalue weighted by Gasteiger charge is 2.30. The highest BCUT2D eigenvalue weighted by molar-refractivity contribution is 5.79. The van der Waals surface area contributed by atoms with Crippen LogP contribution in [0.25, 0.3) is 0 Å². The minimum Gasteiger partial charge on any atom is -0.481 e. The molecule has 1 amide bonds. The average Bonchev–Trinajstić information content (AvgIpc) is 2.72. The van der Waals surface area contributed by atoms with E-state index in [1.165, 1.54) is 0 Å². The van der Waals surface area contributed by atoms with Crippen molar-refractivity contribution in [2.24, 2.45) is 17.6 Å². The molecule has 0 aromatic heterocycles. The third-order valence-corrected chi connectivity index (χ3v) is 3.33. The van der Waals surface area contributed by atoms with Crippen LogP contribution in [0.4, 0.5) is 0 Å². The van der Waals surface area contributed by atoms with E-state index in [2.05, 4.69) is 0 Å². The van der Waals surface area contributed by atoms with E-state index in [0.717, 1.165) is 19.3 Å². The van der Waals surface area contributed by atoms with E-state index < -0.39 is 5.97 Å². The summed E-state index contributed by atoms with van der Waals surface area (Å²) in [6.45, 7) is 3.67. The van der Waals surface area contributed by atoms with Gasteiger partial charge in [0.2, 0.25) is 5.91 Å². The maximum Gasteiger partial charge on any atom is 0.303 e. The summed E-state index contributed by atoms with van der Waals surface area (Å²) in [6.07, 6.45) is 2.71. The van der Waals surface area contributed by atoms with E-state index in [-0.39, 0.29) is 24.2 Å². The number of amides is 1. The summed E-state index contributed by atoms with van der Waals surface area (Å²) in [5.74, 6) is -0.671. The van der Waals surface area contributed by atoms with Crippen molar-refractivity contribution in [1.82, 2.24) is 4.90 Å². The Kier molecular flexibility index (Phi) is 5.41. The van der Waals surface area contributed by atoms with Gasteiger partial charge in [0.1, 0.15) is 0 Å². The summed E-state index contributed by atoms with van der Waals surface area (Å²) < 4.78 is 0. The van der Waals surface area contributed by atoms with Crippen LogP contribution in [0.1, 0.15) is 32.6 Å². The number of carbonyl (C=O) groups is 2. The van der Waals surface area contributed by atoms with Crippen LogP contribution < -0.4 is 5.73 Å². The predicted octanol–water partition coefficient (Wildman–Crippen LogP) is 0.685. The Labute approximate surface area is 102 Å². The number of aliphatic carboxylic acids is 1. The van der Waals surface area contributed by atoms with Crippen molar-refractivity contribution in [3.05, 3.63) is 0 Å². The summed E-state index contributed by atoms with van der Waals surface area (Å²) in [5, 5.41) is 8.71. The largest absolute Gasteiger partial charge is 0.481 e. The van der Waals surface area contributed by atoms with Gasteiger partial charge in [-0.05, 0) is 18.8 Å². The molecule has 5 nitrogen and oxygen atoms in total. The van der Waals surface area contributed by atoms with E-state index in [9.17, 15) is 9.59 Å². The first-order valence-corrected chi connectivity index (χ1v) is 6.29. The molecule has 1 rings (SSSR count). The Hall–Kier alpha value is -1.10. The van der Waals surface area contributed by atoms with Gasteiger partial charge >= 0.3 is 5.97 Å². The fourth-order valence-corrected chi connectivity index (χ4v) is 2.40. The maximum atomic E-state index is 12.1. The molecular formula is C12H22N2O3. The molecule has 0 aromatic rings. The number of rotatable bonds is 6. The molecule has 2 atom stereocenters. The molecule has 0 radical (unpaired) electrons. The van der Waals surface area contributed by atoms with Crippen molar-refractivity contribution in [2.75, 3.05) is 19.6 Å². The lowest BCUT2D eigenvalue weighted by atomic mass is 10.0. The van der Waals surface area contributed by atoms with Crippen LogP contribution in [-0.4, -0.2) is 41.5 Å². The van der Waals surface area contributed by atoms with Crippen LogP contribution in [0.5, 0.6) is 0 Å². The molecule has 5 heteroatoms. The van der Waals surface area contributed by atoms with Gasteiger partial charge in [0, 0.05) is 26.1 Å². The zero-order valence-corrected chi connectivity index (χ0v) is 10.4. The summed E-state index contributed by atoms with van der Waals surface area (Å²) >= 11 is 0. The number of nitrogens with two attached hydrogens (primary N) is 1. The zero-order chi connectivity index (χ0) is 12.8. The Bertz CT molecular complexity index is 281. The molecule has 1 aliphatic rings. The van der Waals surface area contributed by atoms with Crippen molar-refractivity contribution in [2.45, 2.75) is 32.6 Å². The van der Waals surface area contributed by atoms with Gasteiger partial charge in [0.15, 0.2) is 0 Å². The van der Waals surface area contributed by atoms with Crippen LogP contribution >= 0.6 is 0 Å². The molecule has 0 bridgehead atoms. The van der Waals surface area contributed by atoms with E-state index in [1.807, 2.05) is 6.92 Å². The molecule has 2 unspecified atom stereocenters. The van der Waals surface area contributed by atoms with E-state index in [1.54, 1.807) is 4.90 Å². The molecule has 98 valence electrons. The smallest absolute Gasteiger partial charge is 0.303 e. The normalized spacial score (nSPS) is 21.5. The number of hydrogen-bond acceptors (Lipinski definition) is 3. The SMILES string of the molecule is CCCC(CN)C(=O)N1CCC(CC(=O)O)C1. The van der Waals surface area contributed by atoms with Gasteiger partial charge in [0.05, 0.1) is 5.92 Å². The number of likely N-dealkylation sites (tertiary alicyclic amines) is 1. The third-order valence-electron chi connectivity index (χ3n) is 3.33. The molecule has 0 saturated carbocycles. The minimum absolute atomic E-state index is 0.0939. The average molecular weight is 242 g/mol.